The molecule has 0 saturated carbocycles. The summed E-state index contributed by atoms with van der Waals surface area (Å²) < 4.78 is 0.996. The van der Waals surface area contributed by atoms with E-state index in [1.807, 2.05) is 24.5 Å². The Morgan fingerprint density at radius 1 is 1.47 bits per heavy atom. The molecule has 1 nitrogen and oxygen atoms in total. The zero-order valence-corrected chi connectivity index (χ0v) is 10.9. The first-order valence-corrected chi connectivity index (χ1v) is 6.89. The van der Waals surface area contributed by atoms with E-state index >= 15 is 0 Å². The second-order valence-electron chi connectivity index (χ2n) is 2.88. The summed E-state index contributed by atoms with van der Waals surface area (Å²) in [6, 6.07) is 5.91. The predicted octanol–water partition coefficient (Wildman–Crippen LogP) is 4.66. The van der Waals surface area contributed by atoms with Crippen LogP contribution in [-0.4, -0.2) is 11.5 Å². The van der Waals surface area contributed by atoms with Crippen molar-refractivity contribution in [1.29, 1.82) is 0 Å². The lowest BCUT2D eigenvalue weighted by Gasteiger charge is -1.95. The fraction of sp³-hybridized carbons (Fsp3) is 0.100. The van der Waals surface area contributed by atoms with Crippen molar-refractivity contribution in [1.82, 2.24) is 0 Å². The van der Waals surface area contributed by atoms with E-state index in [1.54, 1.807) is 11.8 Å². The lowest BCUT2D eigenvalue weighted by atomic mass is 10.2. The first-order valence-electron chi connectivity index (χ1n) is 4.09. The number of carbonyl (C=O) groups excluding carboxylic acids is 1. The van der Waals surface area contributed by atoms with Crippen LogP contribution >= 0.6 is 46.3 Å². The summed E-state index contributed by atoms with van der Waals surface area (Å²) in [5, 5.41) is 0.859. The summed E-state index contributed by atoms with van der Waals surface area (Å²) >= 11 is 14.5. The molecule has 0 unspecified atom stereocenters. The zero-order valence-electron chi connectivity index (χ0n) is 7.71. The van der Waals surface area contributed by atoms with Crippen LogP contribution in [0.4, 0.5) is 0 Å². The Balaban J connectivity index is 2.70. The summed E-state index contributed by atoms with van der Waals surface area (Å²) in [4.78, 5) is 12.6. The number of thioether (sulfide) groups is 1. The van der Waals surface area contributed by atoms with Gasteiger partial charge in [0.1, 0.15) is 4.88 Å². The largest absolute Gasteiger partial charge is 0.275 e. The number of halogens is 2. The normalized spacial score (nSPS) is 10.9. The van der Waals surface area contributed by atoms with Crippen LogP contribution in [0.3, 0.4) is 0 Å². The molecule has 0 aliphatic rings. The number of carbonyl (C=O) groups is 1. The summed E-state index contributed by atoms with van der Waals surface area (Å²) in [6.07, 6.45) is 2.00. The molecule has 0 amide bonds. The fourth-order valence-corrected chi connectivity index (χ4v) is 3.46. The van der Waals surface area contributed by atoms with Gasteiger partial charge in [-0.3, -0.25) is 4.79 Å². The Hall–Kier alpha value is -0.220. The summed E-state index contributed by atoms with van der Waals surface area (Å²) in [5.41, 5.74) is 0. The highest BCUT2D eigenvalue weighted by atomic mass is 35.5. The van der Waals surface area contributed by atoms with Crippen LogP contribution in [0.5, 0.6) is 0 Å². The molecular formula is C10H6Cl2OS2. The first-order chi connectivity index (χ1) is 7.13. The van der Waals surface area contributed by atoms with E-state index in [9.17, 15) is 4.79 Å². The monoisotopic (exact) mass is 276 g/mol. The molecule has 1 aromatic heterocycles. The maximum Gasteiger partial charge on any atom is 0.263 e. The Kier molecular flexibility index (Phi) is 3.26. The van der Waals surface area contributed by atoms with Gasteiger partial charge < -0.3 is 0 Å². The maximum atomic E-state index is 11.1. The van der Waals surface area contributed by atoms with Gasteiger partial charge in [0.15, 0.2) is 0 Å². The molecule has 15 heavy (non-hydrogen) atoms. The van der Waals surface area contributed by atoms with Gasteiger partial charge in [-0.15, -0.1) is 23.1 Å². The van der Waals surface area contributed by atoms with Gasteiger partial charge in [0.2, 0.25) is 0 Å². The molecule has 2 rings (SSSR count). The van der Waals surface area contributed by atoms with Crippen LogP contribution in [0, 0.1) is 0 Å². The topological polar surface area (TPSA) is 17.1 Å². The van der Waals surface area contributed by atoms with Gasteiger partial charge >= 0.3 is 0 Å². The molecule has 0 N–H and O–H groups in total. The van der Waals surface area contributed by atoms with E-state index in [2.05, 4.69) is 0 Å². The number of thiophene rings is 1. The average molecular weight is 277 g/mol. The van der Waals surface area contributed by atoms with Crippen molar-refractivity contribution in [2.24, 2.45) is 0 Å². The molecule has 0 spiro atoms. The molecule has 78 valence electrons. The van der Waals surface area contributed by atoms with E-state index in [1.165, 1.54) is 11.3 Å². The van der Waals surface area contributed by atoms with Gasteiger partial charge in [-0.1, -0.05) is 17.7 Å². The van der Waals surface area contributed by atoms with Gasteiger partial charge in [-0.2, -0.15) is 0 Å². The first kappa shape index (κ1) is 11.3. The van der Waals surface area contributed by atoms with E-state index < -0.39 is 5.24 Å². The number of benzene rings is 1. The lowest BCUT2D eigenvalue weighted by Crippen LogP contribution is -1.81. The van der Waals surface area contributed by atoms with Gasteiger partial charge in [-0.05, 0) is 30.0 Å². The number of hydrogen-bond acceptors (Lipinski definition) is 3. The second kappa shape index (κ2) is 4.34. The molecule has 0 saturated heterocycles. The molecule has 0 fully saturated rings. The standard InChI is InChI=1S/C10H6Cl2OS2/c1-14-5-2-3-6-7(4-5)15-9(8(6)11)10(12)13/h2-4H,1H3. The molecule has 0 atom stereocenters. The third-order valence-corrected chi connectivity index (χ3v) is 4.70. The van der Waals surface area contributed by atoms with Crippen LogP contribution in [-0.2, 0) is 0 Å². The van der Waals surface area contributed by atoms with Gasteiger partial charge in [0.05, 0.1) is 5.02 Å². The number of hydrogen-bond donors (Lipinski definition) is 0. The lowest BCUT2D eigenvalue weighted by molar-refractivity contribution is 0.108. The summed E-state index contributed by atoms with van der Waals surface area (Å²) in [5.74, 6) is 0. The minimum absolute atomic E-state index is 0.423. The van der Waals surface area contributed by atoms with Crippen molar-refractivity contribution in [3.8, 4) is 0 Å². The highest BCUT2D eigenvalue weighted by molar-refractivity contribution is 7.98. The van der Waals surface area contributed by atoms with Gasteiger partial charge in [0, 0.05) is 15.0 Å². The Morgan fingerprint density at radius 3 is 2.80 bits per heavy atom. The van der Waals surface area contributed by atoms with Crippen molar-refractivity contribution in [3.05, 3.63) is 28.1 Å². The van der Waals surface area contributed by atoms with Crippen LogP contribution in [0.1, 0.15) is 9.67 Å². The quantitative estimate of drug-likeness (QED) is 0.586. The van der Waals surface area contributed by atoms with E-state index in [4.69, 9.17) is 23.2 Å². The highest BCUT2D eigenvalue weighted by Gasteiger charge is 2.15. The molecule has 1 heterocycles. The minimum Gasteiger partial charge on any atom is -0.275 e. The van der Waals surface area contributed by atoms with Crippen molar-refractivity contribution < 1.29 is 4.79 Å². The highest BCUT2D eigenvalue weighted by Crippen LogP contribution is 2.37. The molecule has 0 radical (unpaired) electrons. The Morgan fingerprint density at radius 2 is 2.20 bits per heavy atom. The van der Waals surface area contributed by atoms with Crippen LogP contribution in [0.15, 0.2) is 23.1 Å². The Bertz CT molecular complexity index is 533. The van der Waals surface area contributed by atoms with Gasteiger partial charge in [-0.25, -0.2) is 0 Å². The summed E-state index contributed by atoms with van der Waals surface area (Å²) in [6.45, 7) is 0. The van der Waals surface area contributed by atoms with E-state index in [0.29, 0.717) is 9.90 Å². The zero-order chi connectivity index (χ0) is 11.0. The predicted molar refractivity (Wildman–Crippen MR) is 68.8 cm³/mol. The SMILES string of the molecule is CSc1ccc2c(Cl)c(C(=O)Cl)sc2c1. The smallest absolute Gasteiger partial charge is 0.263 e. The third kappa shape index (κ3) is 2.02. The number of fused-ring (bicyclic) bond motifs is 1. The van der Waals surface area contributed by atoms with Crippen LogP contribution in [0.2, 0.25) is 5.02 Å². The molecule has 1 aromatic carbocycles. The molecule has 0 aliphatic carbocycles. The van der Waals surface area contributed by atoms with Crippen molar-refractivity contribution in [2.45, 2.75) is 4.90 Å². The van der Waals surface area contributed by atoms with E-state index in [0.717, 1.165) is 15.0 Å². The molecule has 0 aliphatic heterocycles. The molecule has 2 aromatic rings. The third-order valence-electron chi connectivity index (χ3n) is 2.02. The molecular weight excluding hydrogens is 271 g/mol. The minimum atomic E-state index is -0.494. The van der Waals surface area contributed by atoms with E-state index in [-0.39, 0.29) is 0 Å². The Labute approximate surface area is 105 Å². The van der Waals surface area contributed by atoms with Crippen LogP contribution in [0.25, 0.3) is 10.1 Å². The van der Waals surface area contributed by atoms with Gasteiger partial charge in [0.25, 0.3) is 5.24 Å². The molecule has 0 bridgehead atoms. The van der Waals surface area contributed by atoms with Crippen LogP contribution < -0.4 is 0 Å². The van der Waals surface area contributed by atoms with Crippen molar-refractivity contribution in [2.75, 3.05) is 6.26 Å². The summed E-state index contributed by atoms with van der Waals surface area (Å²) in [7, 11) is 0. The second-order valence-corrected chi connectivity index (χ2v) is 5.53. The molecule has 5 heteroatoms. The number of rotatable bonds is 2. The maximum absolute atomic E-state index is 11.1. The van der Waals surface area contributed by atoms with Crippen molar-refractivity contribution >= 4 is 61.6 Å². The van der Waals surface area contributed by atoms with Crippen molar-refractivity contribution in [3.63, 3.8) is 0 Å². The average Bonchev–Trinajstić information content (AvgIpc) is 2.55. The fourth-order valence-electron chi connectivity index (χ4n) is 1.30.